The summed E-state index contributed by atoms with van der Waals surface area (Å²) in [5, 5.41) is 5.11. The largest absolute Gasteiger partial charge is 0.337 e. The molecule has 0 heterocycles. The Morgan fingerprint density at radius 3 is 2.43 bits per heavy atom. The van der Waals surface area contributed by atoms with Crippen molar-refractivity contribution in [3.05, 3.63) is 64.7 Å². The van der Waals surface area contributed by atoms with Crippen molar-refractivity contribution in [3.63, 3.8) is 0 Å². The summed E-state index contributed by atoms with van der Waals surface area (Å²) >= 11 is 0. The predicted molar refractivity (Wildman–Crippen MR) is 89.5 cm³/mol. The van der Waals surface area contributed by atoms with E-state index in [-0.39, 0.29) is 10.8 Å². The van der Waals surface area contributed by atoms with Gasteiger partial charge in [-0.3, -0.25) is 4.79 Å². The summed E-state index contributed by atoms with van der Waals surface area (Å²) in [7, 11) is -2.14. The Balaban J connectivity index is 2.23. The van der Waals surface area contributed by atoms with E-state index in [2.05, 4.69) is 6.07 Å². The molecule has 2 N–H and O–H groups in total. The average molecular weight is 332 g/mol. The van der Waals surface area contributed by atoms with Crippen molar-refractivity contribution in [2.75, 3.05) is 7.05 Å². The van der Waals surface area contributed by atoms with Gasteiger partial charge in [-0.25, -0.2) is 13.6 Å². The lowest BCUT2D eigenvalue weighted by molar-refractivity contribution is 0.0784. The standard InChI is InChI=1S/C17H20N2O3S/c1-12-7-8-15(13(2)9-12)11-19(3)17(20)14-5-4-6-16(10-14)23(18,21)22/h4-10H,11H2,1-3H3,(H2,18,21,22). The number of benzene rings is 2. The molecule has 2 aromatic carbocycles. The molecule has 0 aromatic heterocycles. The smallest absolute Gasteiger partial charge is 0.253 e. The van der Waals surface area contributed by atoms with Crippen LogP contribution in [0.4, 0.5) is 0 Å². The SMILES string of the molecule is Cc1ccc(CN(C)C(=O)c2cccc(S(N)(=O)=O)c2)c(C)c1. The maximum atomic E-state index is 12.5. The van der Waals surface area contributed by atoms with E-state index < -0.39 is 10.0 Å². The zero-order valence-corrected chi connectivity index (χ0v) is 14.2. The van der Waals surface area contributed by atoms with Gasteiger partial charge in [-0.05, 0) is 43.2 Å². The second kappa shape index (κ2) is 6.52. The molecular formula is C17H20N2O3S. The van der Waals surface area contributed by atoms with Crippen molar-refractivity contribution in [2.45, 2.75) is 25.3 Å². The van der Waals surface area contributed by atoms with Crippen molar-refractivity contribution in [2.24, 2.45) is 5.14 Å². The zero-order valence-electron chi connectivity index (χ0n) is 13.4. The minimum Gasteiger partial charge on any atom is -0.337 e. The maximum Gasteiger partial charge on any atom is 0.253 e. The number of nitrogens with two attached hydrogens (primary N) is 1. The van der Waals surface area contributed by atoms with Crippen molar-refractivity contribution >= 4 is 15.9 Å². The number of sulfonamides is 1. The summed E-state index contributed by atoms with van der Waals surface area (Å²) in [6.07, 6.45) is 0. The van der Waals surface area contributed by atoms with Crippen LogP contribution in [-0.4, -0.2) is 26.3 Å². The fraction of sp³-hybridized carbons (Fsp3) is 0.235. The van der Waals surface area contributed by atoms with E-state index in [1.54, 1.807) is 18.0 Å². The third-order valence-electron chi connectivity index (χ3n) is 3.66. The number of nitrogens with zero attached hydrogens (tertiary/aromatic N) is 1. The van der Waals surface area contributed by atoms with Crippen LogP contribution in [0.3, 0.4) is 0 Å². The molecule has 0 aliphatic rings. The molecule has 0 fully saturated rings. The number of carbonyl (C=O) groups excluding carboxylic acids is 1. The van der Waals surface area contributed by atoms with Crippen LogP contribution in [0.25, 0.3) is 0 Å². The number of carbonyl (C=O) groups is 1. The Labute approximate surface area is 136 Å². The van der Waals surface area contributed by atoms with Crippen LogP contribution in [0.15, 0.2) is 47.4 Å². The topological polar surface area (TPSA) is 80.5 Å². The van der Waals surface area contributed by atoms with Crippen LogP contribution in [0.2, 0.25) is 0 Å². The molecule has 122 valence electrons. The first-order valence-corrected chi connectivity index (χ1v) is 8.67. The summed E-state index contributed by atoms with van der Waals surface area (Å²) < 4.78 is 22.8. The van der Waals surface area contributed by atoms with Crippen molar-refractivity contribution in [3.8, 4) is 0 Å². The number of amides is 1. The lowest BCUT2D eigenvalue weighted by atomic mass is 10.1. The van der Waals surface area contributed by atoms with Crippen molar-refractivity contribution in [1.82, 2.24) is 4.90 Å². The second-order valence-corrected chi connectivity index (χ2v) is 7.23. The number of primary sulfonamides is 1. The van der Waals surface area contributed by atoms with Gasteiger partial charge in [0, 0.05) is 19.2 Å². The Hall–Kier alpha value is -2.18. The van der Waals surface area contributed by atoms with Gasteiger partial charge in [-0.15, -0.1) is 0 Å². The first-order chi connectivity index (χ1) is 10.7. The van der Waals surface area contributed by atoms with Gasteiger partial charge < -0.3 is 4.90 Å². The fourth-order valence-electron chi connectivity index (χ4n) is 2.38. The van der Waals surface area contributed by atoms with Crippen molar-refractivity contribution < 1.29 is 13.2 Å². The average Bonchev–Trinajstić information content (AvgIpc) is 2.48. The molecule has 0 aliphatic carbocycles. The van der Waals surface area contributed by atoms with Gasteiger partial charge in [-0.2, -0.15) is 0 Å². The van der Waals surface area contributed by atoms with Gasteiger partial charge in [0.15, 0.2) is 0 Å². The Morgan fingerprint density at radius 2 is 1.83 bits per heavy atom. The van der Waals surface area contributed by atoms with Crippen LogP contribution in [0.1, 0.15) is 27.0 Å². The van der Waals surface area contributed by atoms with Crippen molar-refractivity contribution in [1.29, 1.82) is 0 Å². The first kappa shape index (κ1) is 17.2. The van der Waals surface area contributed by atoms with Crippen LogP contribution in [-0.2, 0) is 16.6 Å². The van der Waals surface area contributed by atoms with E-state index >= 15 is 0 Å². The number of hydrogen-bond acceptors (Lipinski definition) is 3. The molecular weight excluding hydrogens is 312 g/mol. The van der Waals surface area contributed by atoms with E-state index in [0.29, 0.717) is 12.1 Å². The van der Waals surface area contributed by atoms with E-state index in [4.69, 9.17) is 5.14 Å². The highest BCUT2D eigenvalue weighted by molar-refractivity contribution is 7.89. The molecule has 5 nitrogen and oxygen atoms in total. The number of aryl methyl sites for hydroxylation is 2. The molecule has 0 saturated carbocycles. The molecule has 0 atom stereocenters. The third-order valence-corrected chi connectivity index (χ3v) is 4.57. The number of rotatable bonds is 4. The second-order valence-electron chi connectivity index (χ2n) is 5.66. The molecule has 2 rings (SSSR count). The molecule has 0 radical (unpaired) electrons. The molecule has 0 unspecified atom stereocenters. The van der Waals surface area contributed by atoms with Crippen LogP contribution in [0, 0.1) is 13.8 Å². The molecule has 23 heavy (non-hydrogen) atoms. The minimum absolute atomic E-state index is 0.0664. The van der Waals surface area contributed by atoms with Gasteiger partial charge >= 0.3 is 0 Å². The molecule has 6 heteroatoms. The summed E-state index contributed by atoms with van der Waals surface area (Å²) in [5.41, 5.74) is 3.63. The van der Waals surface area contributed by atoms with E-state index in [1.807, 2.05) is 26.0 Å². The lowest BCUT2D eigenvalue weighted by Crippen LogP contribution is -2.27. The normalized spacial score (nSPS) is 11.3. The molecule has 0 spiro atoms. The summed E-state index contributed by atoms with van der Waals surface area (Å²) in [6.45, 7) is 4.47. The Bertz CT molecular complexity index is 845. The molecule has 2 aromatic rings. The van der Waals surface area contributed by atoms with Gasteiger partial charge in [0.25, 0.3) is 5.91 Å². The monoisotopic (exact) mass is 332 g/mol. The zero-order chi connectivity index (χ0) is 17.2. The lowest BCUT2D eigenvalue weighted by Gasteiger charge is -2.19. The van der Waals surface area contributed by atoms with E-state index in [0.717, 1.165) is 11.1 Å². The van der Waals surface area contributed by atoms with Crippen LogP contribution >= 0.6 is 0 Å². The third kappa shape index (κ3) is 4.18. The minimum atomic E-state index is -3.83. The van der Waals surface area contributed by atoms with E-state index in [9.17, 15) is 13.2 Å². The maximum absolute atomic E-state index is 12.5. The molecule has 1 amide bonds. The molecule has 0 aliphatic heterocycles. The van der Waals surface area contributed by atoms with E-state index in [1.165, 1.54) is 23.8 Å². The van der Waals surface area contributed by atoms with Gasteiger partial charge in [0.05, 0.1) is 4.90 Å². The highest BCUT2D eigenvalue weighted by Crippen LogP contribution is 2.16. The van der Waals surface area contributed by atoms with Crippen LogP contribution < -0.4 is 5.14 Å². The highest BCUT2D eigenvalue weighted by atomic mass is 32.2. The molecule has 0 bridgehead atoms. The van der Waals surface area contributed by atoms with Gasteiger partial charge in [0.1, 0.15) is 0 Å². The molecule has 0 saturated heterocycles. The summed E-state index contributed by atoms with van der Waals surface area (Å²) in [4.78, 5) is 14.0. The quantitative estimate of drug-likeness (QED) is 0.932. The van der Waals surface area contributed by atoms with Crippen LogP contribution in [0.5, 0.6) is 0 Å². The Kier molecular flexibility index (Phi) is 4.87. The van der Waals surface area contributed by atoms with Gasteiger partial charge in [0.2, 0.25) is 10.0 Å². The number of hydrogen-bond donors (Lipinski definition) is 1. The first-order valence-electron chi connectivity index (χ1n) is 7.13. The predicted octanol–water partition coefficient (Wildman–Crippen LogP) is 2.22. The highest BCUT2D eigenvalue weighted by Gasteiger charge is 2.16. The fourth-order valence-corrected chi connectivity index (χ4v) is 2.94. The summed E-state index contributed by atoms with van der Waals surface area (Å²) in [6, 6.07) is 11.8. The van der Waals surface area contributed by atoms with Gasteiger partial charge in [-0.1, -0.05) is 29.8 Å². The Morgan fingerprint density at radius 1 is 1.13 bits per heavy atom. The summed E-state index contributed by atoms with van der Waals surface area (Å²) in [5.74, 6) is -0.254.